The fourth-order valence-electron chi connectivity index (χ4n) is 1.47. The largest absolute Gasteiger partial charge is 0.480 e. The molecular formula is C12H17N3O3. The molecule has 0 spiro atoms. The number of carbonyl (C=O) groups is 2. The Labute approximate surface area is 106 Å². The zero-order chi connectivity index (χ0) is 13.7. The number of carboxylic acids is 1. The monoisotopic (exact) mass is 251 g/mol. The Kier molecular flexibility index (Phi) is 4.53. The van der Waals surface area contributed by atoms with Gasteiger partial charge in [-0.05, 0) is 19.1 Å². The topological polar surface area (TPSA) is 86.9 Å². The number of urea groups is 1. The van der Waals surface area contributed by atoms with Crippen LogP contribution in [0, 0.1) is 0 Å². The van der Waals surface area contributed by atoms with Crippen molar-refractivity contribution in [2.75, 3.05) is 30.8 Å². The first-order valence-corrected chi connectivity index (χ1v) is 5.56. The van der Waals surface area contributed by atoms with Gasteiger partial charge in [0.25, 0.3) is 0 Å². The molecule has 98 valence electrons. The first-order chi connectivity index (χ1) is 8.47. The highest BCUT2D eigenvalue weighted by Crippen LogP contribution is 2.23. The van der Waals surface area contributed by atoms with Gasteiger partial charge in [-0.15, -0.1) is 0 Å². The molecule has 2 amide bonds. The number of amides is 2. The molecule has 6 heteroatoms. The van der Waals surface area contributed by atoms with Crippen molar-refractivity contribution < 1.29 is 14.7 Å². The van der Waals surface area contributed by atoms with Crippen molar-refractivity contribution in [1.29, 1.82) is 0 Å². The second-order valence-electron chi connectivity index (χ2n) is 3.84. The molecule has 0 saturated carbocycles. The van der Waals surface area contributed by atoms with Crippen molar-refractivity contribution in [3.05, 3.63) is 24.3 Å². The zero-order valence-electron chi connectivity index (χ0n) is 10.5. The highest BCUT2D eigenvalue weighted by atomic mass is 16.4. The molecule has 0 bridgehead atoms. The highest BCUT2D eigenvalue weighted by molar-refractivity contribution is 5.98. The number of rotatable bonds is 4. The van der Waals surface area contributed by atoms with Crippen LogP contribution in [0.15, 0.2) is 24.3 Å². The van der Waals surface area contributed by atoms with Crippen LogP contribution in [0.2, 0.25) is 0 Å². The molecule has 0 saturated heterocycles. The van der Waals surface area contributed by atoms with Gasteiger partial charge in [-0.1, -0.05) is 12.1 Å². The quantitative estimate of drug-likeness (QED) is 0.788. The molecule has 3 N–H and O–H groups in total. The van der Waals surface area contributed by atoms with Crippen molar-refractivity contribution in [3.8, 4) is 0 Å². The molecule has 1 aromatic rings. The van der Waals surface area contributed by atoms with Crippen LogP contribution >= 0.6 is 0 Å². The van der Waals surface area contributed by atoms with Crippen molar-refractivity contribution in [2.45, 2.75) is 6.92 Å². The summed E-state index contributed by atoms with van der Waals surface area (Å²) in [6.45, 7) is 1.88. The van der Waals surface area contributed by atoms with Crippen LogP contribution in [0.4, 0.5) is 16.2 Å². The van der Waals surface area contributed by atoms with E-state index in [9.17, 15) is 9.59 Å². The molecule has 6 nitrogen and oxygen atoms in total. The van der Waals surface area contributed by atoms with Crippen molar-refractivity contribution in [2.24, 2.45) is 0 Å². The smallest absolute Gasteiger partial charge is 0.324 e. The van der Waals surface area contributed by atoms with Crippen LogP contribution in [0.3, 0.4) is 0 Å². The number of hydrogen-bond donors (Lipinski definition) is 2. The van der Waals surface area contributed by atoms with Crippen LogP contribution in [-0.2, 0) is 4.79 Å². The second kappa shape index (κ2) is 5.90. The summed E-state index contributed by atoms with van der Waals surface area (Å²) in [6, 6.07) is 6.30. The van der Waals surface area contributed by atoms with Gasteiger partial charge < -0.3 is 15.7 Å². The minimum atomic E-state index is -1.09. The van der Waals surface area contributed by atoms with Crippen LogP contribution in [0.25, 0.3) is 0 Å². The third-order valence-electron chi connectivity index (χ3n) is 2.55. The average molecular weight is 251 g/mol. The Morgan fingerprint density at radius 2 is 1.94 bits per heavy atom. The lowest BCUT2D eigenvalue weighted by atomic mass is 10.2. The SMILES string of the molecule is CCN(C)C(=O)N(CC(=O)O)c1ccccc1N. The fourth-order valence-corrected chi connectivity index (χ4v) is 1.47. The van der Waals surface area contributed by atoms with Crippen LogP contribution in [0.1, 0.15) is 6.92 Å². The highest BCUT2D eigenvalue weighted by Gasteiger charge is 2.22. The van der Waals surface area contributed by atoms with E-state index in [2.05, 4.69) is 0 Å². The third-order valence-corrected chi connectivity index (χ3v) is 2.55. The lowest BCUT2D eigenvalue weighted by Crippen LogP contribution is -2.44. The molecule has 0 aliphatic heterocycles. The molecule has 1 rings (SSSR count). The van der Waals surface area contributed by atoms with E-state index in [4.69, 9.17) is 10.8 Å². The summed E-state index contributed by atoms with van der Waals surface area (Å²) in [5, 5.41) is 8.89. The maximum Gasteiger partial charge on any atom is 0.324 e. The van der Waals surface area contributed by atoms with E-state index in [-0.39, 0.29) is 0 Å². The van der Waals surface area contributed by atoms with Gasteiger partial charge in [0.1, 0.15) is 6.54 Å². The predicted molar refractivity (Wildman–Crippen MR) is 69.5 cm³/mol. The first-order valence-electron chi connectivity index (χ1n) is 5.56. The van der Waals surface area contributed by atoms with Gasteiger partial charge in [0, 0.05) is 13.6 Å². The standard InChI is InChI=1S/C12H17N3O3/c1-3-14(2)12(18)15(8-11(16)17)10-7-5-4-6-9(10)13/h4-7H,3,8,13H2,1-2H3,(H,16,17). The molecule has 1 aromatic carbocycles. The van der Waals surface area contributed by atoms with E-state index in [1.54, 1.807) is 31.3 Å². The van der Waals surface area contributed by atoms with Crippen LogP contribution in [-0.4, -0.2) is 42.1 Å². The minimum absolute atomic E-state index is 0.372. The van der Waals surface area contributed by atoms with E-state index in [1.807, 2.05) is 6.92 Å². The van der Waals surface area contributed by atoms with Gasteiger partial charge >= 0.3 is 12.0 Å². The number of nitrogens with zero attached hydrogens (tertiary/aromatic N) is 2. The van der Waals surface area contributed by atoms with E-state index in [0.717, 1.165) is 4.90 Å². The maximum absolute atomic E-state index is 12.1. The Morgan fingerprint density at radius 3 is 2.44 bits per heavy atom. The third kappa shape index (κ3) is 3.13. The molecule has 0 unspecified atom stereocenters. The molecule has 0 fully saturated rings. The molecule has 0 radical (unpaired) electrons. The van der Waals surface area contributed by atoms with E-state index < -0.39 is 18.5 Å². The Hall–Kier alpha value is -2.24. The van der Waals surface area contributed by atoms with Gasteiger partial charge in [0.05, 0.1) is 11.4 Å². The van der Waals surface area contributed by atoms with E-state index >= 15 is 0 Å². The molecular weight excluding hydrogens is 234 g/mol. The van der Waals surface area contributed by atoms with Crippen LogP contribution < -0.4 is 10.6 Å². The van der Waals surface area contributed by atoms with Crippen molar-refractivity contribution >= 4 is 23.4 Å². The van der Waals surface area contributed by atoms with Crippen molar-refractivity contribution in [1.82, 2.24) is 4.90 Å². The molecule has 0 atom stereocenters. The summed E-state index contributed by atoms with van der Waals surface area (Å²) in [4.78, 5) is 25.5. The maximum atomic E-state index is 12.1. The summed E-state index contributed by atoms with van der Waals surface area (Å²) in [7, 11) is 1.61. The minimum Gasteiger partial charge on any atom is -0.480 e. The summed E-state index contributed by atoms with van der Waals surface area (Å²) >= 11 is 0. The first kappa shape index (κ1) is 13.8. The molecule has 0 aromatic heterocycles. The lowest BCUT2D eigenvalue weighted by molar-refractivity contribution is -0.135. The number of carboxylic acid groups (broad SMARTS) is 1. The number of para-hydroxylation sites is 2. The van der Waals surface area contributed by atoms with Gasteiger partial charge in [-0.25, -0.2) is 4.79 Å². The fraction of sp³-hybridized carbons (Fsp3) is 0.333. The lowest BCUT2D eigenvalue weighted by Gasteiger charge is -2.27. The molecule has 0 aliphatic rings. The number of nitrogens with two attached hydrogens (primary N) is 1. The van der Waals surface area contributed by atoms with E-state index in [1.165, 1.54) is 4.90 Å². The number of carbonyl (C=O) groups excluding carboxylic acids is 1. The summed E-state index contributed by atoms with van der Waals surface area (Å²) in [6.07, 6.45) is 0. The number of hydrogen-bond acceptors (Lipinski definition) is 3. The van der Waals surface area contributed by atoms with Crippen molar-refractivity contribution in [3.63, 3.8) is 0 Å². The zero-order valence-corrected chi connectivity index (χ0v) is 10.5. The summed E-state index contributed by atoms with van der Waals surface area (Å²) < 4.78 is 0. The second-order valence-corrected chi connectivity index (χ2v) is 3.84. The molecule has 18 heavy (non-hydrogen) atoms. The predicted octanol–water partition coefficient (Wildman–Crippen LogP) is 1.23. The van der Waals surface area contributed by atoms with Gasteiger partial charge in [0.2, 0.25) is 0 Å². The molecule has 0 heterocycles. The summed E-state index contributed by atoms with van der Waals surface area (Å²) in [5.74, 6) is -1.09. The Balaban J connectivity index is 3.10. The number of anilines is 2. The van der Waals surface area contributed by atoms with Gasteiger partial charge in [0.15, 0.2) is 0 Å². The Morgan fingerprint density at radius 1 is 1.33 bits per heavy atom. The Bertz CT molecular complexity index is 448. The number of aliphatic carboxylic acids is 1. The van der Waals surface area contributed by atoms with Gasteiger partial charge in [-0.2, -0.15) is 0 Å². The average Bonchev–Trinajstić information content (AvgIpc) is 2.35. The normalized spacial score (nSPS) is 9.89. The summed E-state index contributed by atoms with van der Waals surface area (Å²) in [5.41, 5.74) is 6.55. The number of nitrogen functional groups attached to an aromatic ring is 1. The van der Waals surface area contributed by atoms with E-state index in [0.29, 0.717) is 17.9 Å². The number of benzene rings is 1. The van der Waals surface area contributed by atoms with Gasteiger partial charge in [-0.3, -0.25) is 9.69 Å². The van der Waals surface area contributed by atoms with Crippen LogP contribution in [0.5, 0.6) is 0 Å². The molecule has 0 aliphatic carbocycles.